The second kappa shape index (κ2) is 11.6. The Kier molecular flexibility index (Phi) is 10.2. The molecule has 2 rings (SSSR count). The summed E-state index contributed by atoms with van der Waals surface area (Å²) in [5.41, 5.74) is 2.57. The van der Waals surface area contributed by atoms with Gasteiger partial charge < -0.3 is 15.0 Å². The molecule has 1 aromatic heterocycles. The Labute approximate surface area is 163 Å². The van der Waals surface area contributed by atoms with Crippen LogP contribution in [0.4, 0.5) is 0 Å². The maximum atomic E-state index is 5.56. The molecule has 0 radical (unpaired) electrons. The Morgan fingerprint density at radius 3 is 3.00 bits per heavy atom. The van der Waals surface area contributed by atoms with Crippen LogP contribution < -0.4 is 5.32 Å². The number of hydrogen-bond donors (Lipinski definition) is 1. The molecule has 1 fully saturated rings. The van der Waals surface area contributed by atoms with E-state index in [1.807, 2.05) is 12.4 Å². The summed E-state index contributed by atoms with van der Waals surface area (Å²) < 4.78 is 5.56. The second-order valence-electron chi connectivity index (χ2n) is 6.05. The lowest BCUT2D eigenvalue weighted by molar-refractivity contribution is 0.114. The van der Waals surface area contributed by atoms with Crippen molar-refractivity contribution < 1.29 is 4.74 Å². The van der Waals surface area contributed by atoms with Crippen LogP contribution in [0.3, 0.4) is 0 Å². The number of pyridine rings is 1. The van der Waals surface area contributed by atoms with E-state index in [2.05, 4.69) is 42.0 Å². The van der Waals surface area contributed by atoms with E-state index in [0.29, 0.717) is 5.92 Å². The van der Waals surface area contributed by atoms with Gasteiger partial charge in [0.1, 0.15) is 0 Å². The highest BCUT2D eigenvalue weighted by atomic mass is 127. The van der Waals surface area contributed by atoms with Crippen LogP contribution in [-0.2, 0) is 11.2 Å². The number of rotatable bonds is 7. The van der Waals surface area contributed by atoms with E-state index >= 15 is 0 Å². The molecular weight excluding hydrogens is 415 g/mol. The number of ether oxygens (including phenoxy) is 1. The smallest absolute Gasteiger partial charge is 0.193 e. The van der Waals surface area contributed by atoms with Crippen molar-refractivity contribution in [3.05, 3.63) is 29.6 Å². The summed E-state index contributed by atoms with van der Waals surface area (Å²) in [6.45, 7) is 11.8. The maximum Gasteiger partial charge on any atom is 0.193 e. The number of aryl methyl sites for hydroxylation is 1. The minimum absolute atomic E-state index is 0. The van der Waals surface area contributed by atoms with Crippen LogP contribution in [0.5, 0.6) is 0 Å². The molecule has 1 unspecified atom stereocenters. The lowest BCUT2D eigenvalue weighted by atomic mass is 10.1. The van der Waals surface area contributed by atoms with Crippen LogP contribution in [0.15, 0.2) is 23.5 Å². The molecule has 0 bridgehead atoms. The van der Waals surface area contributed by atoms with Gasteiger partial charge in [-0.15, -0.1) is 24.0 Å². The average molecular weight is 446 g/mol. The molecule has 136 valence electrons. The Morgan fingerprint density at radius 1 is 1.46 bits per heavy atom. The molecule has 1 aliphatic rings. The fourth-order valence-electron chi connectivity index (χ4n) is 2.94. The van der Waals surface area contributed by atoms with Gasteiger partial charge in [-0.1, -0.05) is 0 Å². The number of likely N-dealkylation sites (tertiary alicyclic amines) is 1. The second-order valence-corrected chi connectivity index (χ2v) is 6.05. The largest absolute Gasteiger partial charge is 0.381 e. The quantitative estimate of drug-likeness (QED) is 0.398. The molecule has 1 saturated heterocycles. The van der Waals surface area contributed by atoms with E-state index in [1.54, 1.807) is 0 Å². The van der Waals surface area contributed by atoms with E-state index in [1.165, 1.54) is 17.5 Å². The number of nitrogens with one attached hydrogen (secondary N) is 1. The summed E-state index contributed by atoms with van der Waals surface area (Å²) in [6.07, 6.45) is 5.92. The summed E-state index contributed by atoms with van der Waals surface area (Å²) in [4.78, 5) is 11.3. The molecule has 2 heterocycles. The first-order chi connectivity index (χ1) is 11.2. The van der Waals surface area contributed by atoms with Crippen molar-refractivity contribution in [2.24, 2.45) is 10.9 Å². The summed E-state index contributed by atoms with van der Waals surface area (Å²) in [5.74, 6) is 1.67. The molecule has 0 amide bonds. The van der Waals surface area contributed by atoms with Crippen LogP contribution in [-0.4, -0.2) is 55.2 Å². The Hall–Kier alpha value is -0.890. The third-order valence-electron chi connectivity index (χ3n) is 4.26. The summed E-state index contributed by atoms with van der Waals surface area (Å²) >= 11 is 0. The summed E-state index contributed by atoms with van der Waals surface area (Å²) in [5, 5.41) is 3.42. The number of aliphatic imine (C=N–C) groups is 1. The van der Waals surface area contributed by atoms with Crippen molar-refractivity contribution in [2.45, 2.75) is 33.6 Å². The molecule has 1 aromatic rings. The van der Waals surface area contributed by atoms with Crippen molar-refractivity contribution in [1.29, 1.82) is 0 Å². The monoisotopic (exact) mass is 446 g/mol. The third kappa shape index (κ3) is 6.55. The molecule has 5 nitrogen and oxygen atoms in total. The van der Waals surface area contributed by atoms with Crippen molar-refractivity contribution in [1.82, 2.24) is 15.2 Å². The highest BCUT2D eigenvalue weighted by molar-refractivity contribution is 14.0. The van der Waals surface area contributed by atoms with Gasteiger partial charge >= 0.3 is 0 Å². The van der Waals surface area contributed by atoms with Crippen molar-refractivity contribution in [3.63, 3.8) is 0 Å². The molecule has 1 aliphatic heterocycles. The van der Waals surface area contributed by atoms with E-state index in [0.717, 1.165) is 51.8 Å². The first kappa shape index (κ1) is 21.2. The van der Waals surface area contributed by atoms with Gasteiger partial charge in [-0.05, 0) is 50.8 Å². The van der Waals surface area contributed by atoms with Gasteiger partial charge in [0.25, 0.3) is 0 Å². The standard InChI is InChI=1S/C18H30N4O.HI/c1-4-20-18(22-11-8-16(13-22)14-23-5-2)21-10-7-17-6-9-19-12-15(17)3;/h6,9,12,16H,4-5,7-8,10-11,13-14H2,1-3H3,(H,20,21);1H. The zero-order valence-corrected chi connectivity index (χ0v) is 17.5. The lowest BCUT2D eigenvalue weighted by Crippen LogP contribution is -2.40. The van der Waals surface area contributed by atoms with Crippen LogP contribution >= 0.6 is 24.0 Å². The Balaban J connectivity index is 0.00000288. The van der Waals surface area contributed by atoms with Gasteiger partial charge in [-0.3, -0.25) is 9.98 Å². The topological polar surface area (TPSA) is 49.8 Å². The van der Waals surface area contributed by atoms with E-state index in [4.69, 9.17) is 9.73 Å². The Morgan fingerprint density at radius 2 is 2.29 bits per heavy atom. The molecule has 1 atom stereocenters. The summed E-state index contributed by atoms with van der Waals surface area (Å²) in [6, 6.07) is 2.09. The van der Waals surface area contributed by atoms with E-state index in [-0.39, 0.29) is 24.0 Å². The average Bonchev–Trinajstić information content (AvgIpc) is 3.02. The first-order valence-electron chi connectivity index (χ1n) is 8.75. The SMILES string of the molecule is CCNC(=NCCc1ccncc1C)N1CCC(COCC)C1.I. The van der Waals surface area contributed by atoms with Crippen LogP contribution in [0.2, 0.25) is 0 Å². The predicted octanol–water partition coefficient (Wildman–Crippen LogP) is 2.87. The summed E-state index contributed by atoms with van der Waals surface area (Å²) in [7, 11) is 0. The maximum absolute atomic E-state index is 5.56. The first-order valence-corrected chi connectivity index (χ1v) is 8.75. The van der Waals surface area contributed by atoms with Gasteiger partial charge in [-0.25, -0.2) is 0 Å². The van der Waals surface area contributed by atoms with Gasteiger partial charge in [0.2, 0.25) is 0 Å². The van der Waals surface area contributed by atoms with Gasteiger partial charge in [0.15, 0.2) is 5.96 Å². The minimum Gasteiger partial charge on any atom is -0.381 e. The van der Waals surface area contributed by atoms with Crippen molar-refractivity contribution in [3.8, 4) is 0 Å². The number of guanidine groups is 1. The molecule has 1 N–H and O–H groups in total. The van der Waals surface area contributed by atoms with Crippen LogP contribution in [0, 0.1) is 12.8 Å². The zero-order chi connectivity index (χ0) is 16.5. The highest BCUT2D eigenvalue weighted by Crippen LogP contribution is 2.16. The minimum atomic E-state index is 0. The van der Waals surface area contributed by atoms with Crippen molar-refractivity contribution in [2.75, 3.05) is 39.4 Å². The Bertz CT molecular complexity index is 510. The van der Waals surface area contributed by atoms with E-state index < -0.39 is 0 Å². The van der Waals surface area contributed by atoms with Gasteiger partial charge in [-0.2, -0.15) is 0 Å². The normalized spacial score (nSPS) is 17.7. The number of hydrogen-bond acceptors (Lipinski definition) is 3. The fourth-order valence-corrected chi connectivity index (χ4v) is 2.94. The zero-order valence-electron chi connectivity index (χ0n) is 15.1. The highest BCUT2D eigenvalue weighted by Gasteiger charge is 2.24. The molecule has 0 spiro atoms. The lowest BCUT2D eigenvalue weighted by Gasteiger charge is -2.21. The molecule has 0 aliphatic carbocycles. The fraction of sp³-hybridized carbons (Fsp3) is 0.667. The van der Waals surface area contributed by atoms with E-state index in [9.17, 15) is 0 Å². The number of nitrogens with zero attached hydrogens (tertiary/aromatic N) is 3. The molecule has 0 saturated carbocycles. The predicted molar refractivity (Wildman–Crippen MR) is 110 cm³/mol. The van der Waals surface area contributed by atoms with Crippen molar-refractivity contribution >= 4 is 29.9 Å². The molecular formula is C18H31IN4O. The van der Waals surface area contributed by atoms with Crippen LogP contribution in [0.25, 0.3) is 0 Å². The number of halogens is 1. The van der Waals surface area contributed by atoms with Crippen LogP contribution in [0.1, 0.15) is 31.4 Å². The molecule has 6 heteroatoms. The van der Waals surface area contributed by atoms with Gasteiger partial charge in [0.05, 0.1) is 6.61 Å². The number of aromatic nitrogens is 1. The van der Waals surface area contributed by atoms with Gasteiger partial charge in [0, 0.05) is 51.1 Å². The molecule has 0 aromatic carbocycles. The molecule has 24 heavy (non-hydrogen) atoms. The third-order valence-corrected chi connectivity index (χ3v) is 4.26.